The molecule has 0 radical (unpaired) electrons. The molecule has 2 rings (SSSR count). The lowest BCUT2D eigenvalue weighted by Gasteiger charge is -2.34. The molecule has 0 spiro atoms. The number of anilines is 1. The van der Waals surface area contributed by atoms with Gasteiger partial charge < -0.3 is 10.2 Å². The zero-order valence-electron chi connectivity index (χ0n) is 10.8. The van der Waals surface area contributed by atoms with Gasteiger partial charge in [0, 0.05) is 43.9 Å². The fraction of sp³-hybridized carbons (Fsp3) is 0.462. The van der Waals surface area contributed by atoms with Crippen LogP contribution in [0.4, 0.5) is 11.4 Å². The SMILES string of the molecule is CC(=O)NC1CCCN(c2cccc([N+](=O)[O-])c2)C1. The molecule has 1 atom stereocenters. The summed E-state index contributed by atoms with van der Waals surface area (Å²) >= 11 is 0. The predicted molar refractivity (Wildman–Crippen MR) is 72.1 cm³/mol. The summed E-state index contributed by atoms with van der Waals surface area (Å²) in [4.78, 5) is 23.5. The highest BCUT2D eigenvalue weighted by Crippen LogP contribution is 2.24. The fourth-order valence-electron chi connectivity index (χ4n) is 2.42. The zero-order valence-corrected chi connectivity index (χ0v) is 10.8. The molecule has 1 saturated heterocycles. The number of rotatable bonds is 3. The first-order valence-electron chi connectivity index (χ1n) is 6.33. The van der Waals surface area contributed by atoms with Crippen molar-refractivity contribution in [2.45, 2.75) is 25.8 Å². The van der Waals surface area contributed by atoms with Crippen LogP contribution in [0, 0.1) is 10.1 Å². The highest BCUT2D eigenvalue weighted by Gasteiger charge is 2.21. The minimum atomic E-state index is -0.390. The number of hydrogen-bond donors (Lipinski definition) is 1. The lowest BCUT2D eigenvalue weighted by atomic mass is 10.0. The van der Waals surface area contributed by atoms with E-state index in [1.54, 1.807) is 12.1 Å². The average molecular weight is 263 g/mol. The fourth-order valence-corrected chi connectivity index (χ4v) is 2.42. The van der Waals surface area contributed by atoms with Crippen molar-refractivity contribution in [3.8, 4) is 0 Å². The molecule has 1 aliphatic heterocycles. The van der Waals surface area contributed by atoms with Crippen molar-refractivity contribution in [3.63, 3.8) is 0 Å². The topological polar surface area (TPSA) is 75.5 Å². The number of amides is 1. The van der Waals surface area contributed by atoms with Gasteiger partial charge in [0.25, 0.3) is 5.69 Å². The van der Waals surface area contributed by atoms with Crippen molar-refractivity contribution in [2.75, 3.05) is 18.0 Å². The second-order valence-corrected chi connectivity index (χ2v) is 4.76. The number of carbonyl (C=O) groups is 1. The normalized spacial score (nSPS) is 19.0. The molecule has 0 saturated carbocycles. The summed E-state index contributed by atoms with van der Waals surface area (Å²) < 4.78 is 0. The number of benzene rings is 1. The van der Waals surface area contributed by atoms with Gasteiger partial charge in [0.1, 0.15) is 0 Å². The summed E-state index contributed by atoms with van der Waals surface area (Å²) in [6.45, 7) is 3.06. The molecule has 1 aromatic carbocycles. The van der Waals surface area contributed by atoms with Crippen LogP contribution < -0.4 is 10.2 Å². The van der Waals surface area contributed by atoms with E-state index in [0.29, 0.717) is 6.54 Å². The lowest BCUT2D eigenvalue weighted by molar-refractivity contribution is -0.384. The summed E-state index contributed by atoms with van der Waals surface area (Å²) in [5, 5.41) is 13.7. The predicted octanol–water partition coefficient (Wildman–Crippen LogP) is 1.70. The molecule has 1 aromatic rings. The van der Waals surface area contributed by atoms with Gasteiger partial charge in [-0.2, -0.15) is 0 Å². The van der Waals surface area contributed by atoms with E-state index < -0.39 is 4.92 Å². The van der Waals surface area contributed by atoms with Crippen LogP contribution in [0.25, 0.3) is 0 Å². The van der Waals surface area contributed by atoms with Gasteiger partial charge in [-0.25, -0.2) is 0 Å². The van der Waals surface area contributed by atoms with E-state index >= 15 is 0 Å². The monoisotopic (exact) mass is 263 g/mol. The van der Waals surface area contributed by atoms with E-state index in [4.69, 9.17) is 0 Å². The first-order chi connectivity index (χ1) is 9.06. The number of nitro benzene ring substituents is 1. The smallest absolute Gasteiger partial charge is 0.271 e. The highest BCUT2D eigenvalue weighted by molar-refractivity contribution is 5.73. The highest BCUT2D eigenvalue weighted by atomic mass is 16.6. The third kappa shape index (κ3) is 3.43. The Morgan fingerprint density at radius 1 is 1.53 bits per heavy atom. The number of non-ortho nitro benzene ring substituents is 1. The van der Waals surface area contributed by atoms with E-state index in [0.717, 1.165) is 25.1 Å². The number of nitro groups is 1. The van der Waals surface area contributed by atoms with Gasteiger partial charge in [0.2, 0.25) is 5.91 Å². The zero-order chi connectivity index (χ0) is 13.8. The van der Waals surface area contributed by atoms with Crippen molar-refractivity contribution >= 4 is 17.3 Å². The van der Waals surface area contributed by atoms with E-state index in [1.807, 2.05) is 6.07 Å². The largest absolute Gasteiger partial charge is 0.369 e. The summed E-state index contributed by atoms with van der Waals surface area (Å²) in [5.74, 6) is -0.0362. The van der Waals surface area contributed by atoms with Crippen molar-refractivity contribution in [1.29, 1.82) is 0 Å². The average Bonchev–Trinajstić information content (AvgIpc) is 2.38. The minimum absolute atomic E-state index is 0.0362. The van der Waals surface area contributed by atoms with Crippen LogP contribution >= 0.6 is 0 Å². The van der Waals surface area contributed by atoms with Gasteiger partial charge in [-0.15, -0.1) is 0 Å². The van der Waals surface area contributed by atoms with Crippen molar-refractivity contribution in [3.05, 3.63) is 34.4 Å². The molecular formula is C13H17N3O3. The van der Waals surface area contributed by atoms with Gasteiger partial charge in [-0.3, -0.25) is 14.9 Å². The summed E-state index contributed by atoms with van der Waals surface area (Å²) in [5.41, 5.74) is 0.934. The number of nitrogens with one attached hydrogen (secondary N) is 1. The van der Waals surface area contributed by atoms with Crippen LogP contribution in [0.15, 0.2) is 24.3 Å². The van der Waals surface area contributed by atoms with Crippen molar-refractivity contribution < 1.29 is 9.72 Å². The van der Waals surface area contributed by atoms with Gasteiger partial charge in [-0.1, -0.05) is 6.07 Å². The van der Waals surface area contributed by atoms with Crippen LogP contribution in [0.2, 0.25) is 0 Å². The molecule has 6 nitrogen and oxygen atoms in total. The molecule has 1 heterocycles. The molecule has 102 valence electrons. The third-order valence-electron chi connectivity index (χ3n) is 3.23. The Bertz CT molecular complexity index is 490. The van der Waals surface area contributed by atoms with Crippen LogP contribution in [0.5, 0.6) is 0 Å². The number of carbonyl (C=O) groups excluding carboxylic acids is 1. The maximum Gasteiger partial charge on any atom is 0.271 e. The molecule has 0 bridgehead atoms. The number of nitrogens with zero attached hydrogens (tertiary/aromatic N) is 2. The lowest BCUT2D eigenvalue weighted by Crippen LogP contribution is -2.47. The maximum absolute atomic E-state index is 11.1. The Labute approximate surface area is 111 Å². The molecule has 19 heavy (non-hydrogen) atoms. The summed E-state index contributed by atoms with van der Waals surface area (Å²) in [7, 11) is 0. The van der Waals surface area contributed by atoms with Crippen LogP contribution in [0.1, 0.15) is 19.8 Å². The molecule has 0 aromatic heterocycles. The summed E-state index contributed by atoms with van der Waals surface area (Å²) in [6.07, 6.45) is 1.92. The Balaban J connectivity index is 2.10. The van der Waals surface area contributed by atoms with Gasteiger partial charge in [0.15, 0.2) is 0 Å². The molecule has 1 fully saturated rings. The molecule has 1 amide bonds. The summed E-state index contributed by atoms with van der Waals surface area (Å²) in [6, 6.07) is 6.73. The van der Waals surface area contributed by atoms with Crippen LogP contribution in [-0.4, -0.2) is 30.0 Å². The second-order valence-electron chi connectivity index (χ2n) is 4.76. The van der Waals surface area contributed by atoms with Gasteiger partial charge >= 0.3 is 0 Å². The van der Waals surface area contributed by atoms with Gasteiger partial charge in [-0.05, 0) is 18.9 Å². The first kappa shape index (κ1) is 13.3. The number of piperidine rings is 1. The Kier molecular flexibility index (Phi) is 3.99. The standard InChI is InChI=1S/C13H17N3O3/c1-10(17)14-11-4-3-7-15(9-11)12-5-2-6-13(8-12)16(18)19/h2,5-6,8,11H,3-4,7,9H2,1H3,(H,14,17). The quantitative estimate of drug-likeness (QED) is 0.665. The van der Waals surface area contributed by atoms with Crippen LogP contribution in [-0.2, 0) is 4.79 Å². The Morgan fingerprint density at radius 3 is 3.00 bits per heavy atom. The molecule has 1 aliphatic rings. The van der Waals surface area contributed by atoms with Crippen LogP contribution in [0.3, 0.4) is 0 Å². The molecule has 1 unspecified atom stereocenters. The van der Waals surface area contributed by atoms with Crippen molar-refractivity contribution in [1.82, 2.24) is 5.32 Å². The molecule has 1 N–H and O–H groups in total. The Morgan fingerprint density at radius 2 is 2.32 bits per heavy atom. The van der Waals surface area contributed by atoms with E-state index in [-0.39, 0.29) is 17.6 Å². The van der Waals surface area contributed by atoms with Crippen molar-refractivity contribution in [2.24, 2.45) is 0 Å². The Hall–Kier alpha value is -2.11. The maximum atomic E-state index is 11.1. The van der Waals surface area contributed by atoms with E-state index in [9.17, 15) is 14.9 Å². The molecule has 0 aliphatic carbocycles. The first-order valence-corrected chi connectivity index (χ1v) is 6.33. The molecular weight excluding hydrogens is 246 g/mol. The minimum Gasteiger partial charge on any atom is -0.369 e. The number of hydrogen-bond acceptors (Lipinski definition) is 4. The van der Waals surface area contributed by atoms with E-state index in [1.165, 1.54) is 13.0 Å². The van der Waals surface area contributed by atoms with E-state index in [2.05, 4.69) is 10.2 Å². The molecule has 6 heteroatoms. The second kappa shape index (κ2) is 5.69. The van der Waals surface area contributed by atoms with Gasteiger partial charge in [0.05, 0.1) is 4.92 Å². The third-order valence-corrected chi connectivity index (χ3v) is 3.23.